The number of ether oxygens (including phenoxy) is 4. The van der Waals surface area contributed by atoms with Gasteiger partial charge in [-0.05, 0) is 0 Å². The maximum atomic E-state index is 11.6. The molecule has 0 spiro atoms. The Kier molecular flexibility index (Phi) is 9.29. The fourth-order valence-electron chi connectivity index (χ4n) is 3.57. The van der Waals surface area contributed by atoms with Crippen molar-refractivity contribution in [2.24, 2.45) is 0 Å². The first-order valence-corrected chi connectivity index (χ1v) is 9.93. The van der Waals surface area contributed by atoms with Gasteiger partial charge in [-0.25, -0.2) is 0 Å². The molecule has 0 aromatic carbocycles. The molecule has 184 valence electrons. The SMILES string of the molecule is CC(=O)N[C@@H]1[C@@H](O)[C@H](O[C@@H]2O[C@H](COC(C)=O)[C@@H](O)[C@H](O)[C@H]2NC(C)=O)[C@@H](CO)O[C@@H]1O. The number of nitrogens with one attached hydrogen (secondary N) is 2. The van der Waals surface area contributed by atoms with E-state index in [-0.39, 0.29) is 0 Å². The molecule has 2 amide bonds. The van der Waals surface area contributed by atoms with Gasteiger partial charge in [0.15, 0.2) is 12.6 Å². The summed E-state index contributed by atoms with van der Waals surface area (Å²) in [4.78, 5) is 34.2. The third-order valence-corrected chi connectivity index (χ3v) is 5.06. The van der Waals surface area contributed by atoms with Gasteiger partial charge in [0.05, 0.1) is 6.61 Å². The Labute approximate surface area is 183 Å². The smallest absolute Gasteiger partial charge is 0.302 e. The van der Waals surface area contributed by atoms with E-state index in [9.17, 15) is 39.9 Å². The topological polar surface area (TPSA) is 213 Å². The summed E-state index contributed by atoms with van der Waals surface area (Å²) < 4.78 is 21.4. The molecule has 2 saturated heterocycles. The van der Waals surface area contributed by atoms with E-state index in [1.54, 1.807) is 0 Å². The molecule has 10 atom stereocenters. The summed E-state index contributed by atoms with van der Waals surface area (Å²) in [5, 5.41) is 55.9. The summed E-state index contributed by atoms with van der Waals surface area (Å²) in [5.41, 5.74) is 0. The number of hydrogen-bond donors (Lipinski definition) is 7. The van der Waals surface area contributed by atoms with Gasteiger partial charge in [0.25, 0.3) is 0 Å². The maximum absolute atomic E-state index is 11.6. The van der Waals surface area contributed by atoms with E-state index in [0.29, 0.717) is 0 Å². The molecule has 2 fully saturated rings. The van der Waals surface area contributed by atoms with Crippen molar-refractivity contribution in [1.29, 1.82) is 0 Å². The van der Waals surface area contributed by atoms with Gasteiger partial charge in [-0.3, -0.25) is 14.4 Å². The van der Waals surface area contributed by atoms with Crippen LogP contribution in [0.4, 0.5) is 0 Å². The van der Waals surface area contributed by atoms with Crippen LogP contribution in [0.25, 0.3) is 0 Å². The van der Waals surface area contributed by atoms with Crippen LogP contribution in [0, 0.1) is 0 Å². The summed E-state index contributed by atoms with van der Waals surface area (Å²) in [6.07, 6.45) is -11.9. The molecule has 0 aromatic heterocycles. The summed E-state index contributed by atoms with van der Waals surface area (Å²) in [6, 6.07) is -2.65. The molecule has 0 aromatic rings. The van der Waals surface area contributed by atoms with Crippen molar-refractivity contribution < 1.29 is 58.9 Å². The zero-order valence-electron chi connectivity index (χ0n) is 17.8. The van der Waals surface area contributed by atoms with Gasteiger partial charge in [-0.1, -0.05) is 0 Å². The zero-order valence-corrected chi connectivity index (χ0v) is 17.8. The van der Waals surface area contributed by atoms with Crippen LogP contribution < -0.4 is 10.6 Å². The second-order valence-corrected chi connectivity index (χ2v) is 7.62. The molecular weight excluding hydrogens is 436 g/mol. The minimum Gasteiger partial charge on any atom is -0.463 e. The highest BCUT2D eigenvalue weighted by molar-refractivity contribution is 5.73. The van der Waals surface area contributed by atoms with Crippen molar-refractivity contribution in [3.63, 3.8) is 0 Å². The van der Waals surface area contributed by atoms with Gasteiger partial charge in [-0.2, -0.15) is 0 Å². The molecule has 14 heteroatoms. The van der Waals surface area contributed by atoms with E-state index in [2.05, 4.69) is 10.6 Å². The van der Waals surface area contributed by atoms with Gasteiger partial charge in [0.1, 0.15) is 55.3 Å². The molecular formula is C18H30N2O12. The number of esters is 1. The average molecular weight is 466 g/mol. The number of aliphatic hydroxyl groups excluding tert-OH is 5. The largest absolute Gasteiger partial charge is 0.463 e. The molecule has 7 N–H and O–H groups in total. The second kappa shape index (κ2) is 11.3. The van der Waals surface area contributed by atoms with Crippen molar-refractivity contribution in [3.05, 3.63) is 0 Å². The molecule has 2 heterocycles. The van der Waals surface area contributed by atoms with Crippen molar-refractivity contribution in [2.75, 3.05) is 13.2 Å². The van der Waals surface area contributed by atoms with Crippen molar-refractivity contribution >= 4 is 17.8 Å². The highest BCUT2D eigenvalue weighted by Crippen LogP contribution is 2.29. The Bertz CT molecular complexity index is 676. The summed E-state index contributed by atoms with van der Waals surface area (Å²) >= 11 is 0. The fourth-order valence-corrected chi connectivity index (χ4v) is 3.57. The Morgan fingerprint density at radius 2 is 1.44 bits per heavy atom. The lowest BCUT2D eigenvalue weighted by atomic mass is 9.94. The normalized spacial score (nSPS) is 39.8. The third-order valence-electron chi connectivity index (χ3n) is 5.06. The predicted molar refractivity (Wildman–Crippen MR) is 101 cm³/mol. The van der Waals surface area contributed by atoms with Gasteiger partial charge in [0, 0.05) is 20.8 Å². The molecule has 32 heavy (non-hydrogen) atoms. The minimum atomic E-state index is -1.66. The number of carbonyl (C=O) groups is 3. The summed E-state index contributed by atoms with van der Waals surface area (Å²) in [5.74, 6) is -1.84. The van der Waals surface area contributed by atoms with Crippen LogP contribution in [0.15, 0.2) is 0 Å². The van der Waals surface area contributed by atoms with E-state index < -0.39 is 92.3 Å². The molecule has 2 rings (SSSR count). The highest BCUT2D eigenvalue weighted by atomic mass is 16.7. The lowest BCUT2D eigenvalue weighted by Gasteiger charge is -2.47. The molecule has 0 saturated carbocycles. The molecule has 2 aliphatic rings. The Hall–Kier alpha value is -1.91. The highest BCUT2D eigenvalue weighted by Gasteiger charge is 2.51. The van der Waals surface area contributed by atoms with Crippen LogP contribution in [0.2, 0.25) is 0 Å². The van der Waals surface area contributed by atoms with Crippen molar-refractivity contribution in [2.45, 2.75) is 82.1 Å². The quantitative estimate of drug-likeness (QED) is 0.177. The first-order valence-electron chi connectivity index (χ1n) is 9.93. The van der Waals surface area contributed by atoms with E-state index >= 15 is 0 Å². The van der Waals surface area contributed by atoms with Gasteiger partial charge in [-0.15, -0.1) is 0 Å². The van der Waals surface area contributed by atoms with E-state index in [1.165, 1.54) is 0 Å². The van der Waals surface area contributed by atoms with Crippen LogP contribution in [-0.4, -0.2) is 118 Å². The van der Waals surface area contributed by atoms with Crippen LogP contribution >= 0.6 is 0 Å². The standard InChI is InChI=1S/C18H30N2O12/c1-6(22)19-11-15(27)16(9(4-21)30-17(11)28)32-18-12(20-7(2)23)14(26)13(25)10(31-18)5-29-8(3)24/h9-18,21,25-28H,4-5H2,1-3H3,(H,19,22)(H,20,23)/t9-,10-,11-,12-,13-,14-,15-,16-,17+,18+/m1/s1. The minimum absolute atomic E-state index is 0.444. The Balaban J connectivity index is 2.28. The average Bonchev–Trinajstić information content (AvgIpc) is 2.70. The monoisotopic (exact) mass is 466 g/mol. The zero-order chi connectivity index (χ0) is 24.2. The summed E-state index contributed by atoms with van der Waals surface area (Å²) in [6.45, 7) is 2.29. The molecule has 0 bridgehead atoms. The summed E-state index contributed by atoms with van der Waals surface area (Å²) in [7, 11) is 0. The van der Waals surface area contributed by atoms with E-state index in [4.69, 9.17) is 18.9 Å². The predicted octanol–water partition coefficient (Wildman–Crippen LogP) is -4.54. The Morgan fingerprint density at radius 1 is 0.844 bits per heavy atom. The third kappa shape index (κ3) is 6.32. The Morgan fingerprint density at radius 3 is 1.97 bits per heavy atom. The number of aliphatic hydroxyl groups is 5. The lowest BCUT2D eigenvalue weighted by Crippen LogP contribution is -2.69. The van der Waals surface area contributed by atoms with Gasteiger partial charge >= 0.3 is 5.97 Å². The van der Waals surface area contributed by atoms with Crippen LogP contribution in [0.3, 0.4) is 0 Å². The number of hydrogen-bond acceptors (Lipinski definition) is 12. The van der Waals surface area contributed by atoms with Crippen molar-refractivity contribution in [3.8, 4) is 0 Å². The fraction of sp³-hybridized carbons (Fsp3) is 0.833. The molecule has 14 nitrogen and oxygen atoms in total. The second-order valence-electron chi connectivity index (χ2n) is 7.62. The number of rotatable bonds is 7. The van der Waals surface area contributed by atoms with E-state index in [0.717, 1.165) is 20.8 Å². The van der Waals surface area contributed by atoms with Crippen LogP contribution in [0.5, 0.6) is 0 Å². The number of amides is 2. The molecule has 0 unspecified atom stereocenters. The molecule has 0 aliphatic carbocycles. The van der Waals surface area contributed by atoms with Crippen molar-refractivity contribution in [1.82, 2.24) is 10.6 Å². The first-order chi connectivity index (χ1) is 15.0. The molecule has 0 radical (unpaired) electrons. The lowest BCUT2D eigenvalue weighted by molar-refractivity contribution is -0.328. The number of carbonyl (C=O) groups excluding carboxylic acids is 3. The van der Waals surface area contributed by atoms with Crippen LogP contribution in [0.1, 0.15) is 20.8 Å². The maximum Gasteiger partial charge on any atom is 0.302 e. The van der Waals surface area contributed by atoms with Gasteiger partial charge in [0.2, 0.25) is 11.8 Å². The first kappa shape index (κ1) is 26.3. The molecule has 2 aliphatic heterocycles. The van der Waals surface area contributed by atoms with Crippen LogP contribution in [-0.2, 0) is 33.3 Å². The van der Waals surface area contributed by atoms with E-state index in [1.807, 2.05) is 0 Å². The van der Waals surface area contributed by atoms with Gasteiger partial charge < -0.3 is 55.1 Å².